The van der Waals surface area contributed by atoms with Crippen LogP contribution < -0.4 is 10.3 Å². The molecule has 1 aromatic heterocycles. The largest absolute Gasteiger partial charge is 0.477 e. The standard InChI is InChI=1S/C21H23NO8/c1-10-6-7-14-15(8-10)22(5)21(26)20-17(14)19(29-13(4)25)18(28-12(3)24)16(30-20)9-27-11(2)23/h6-8,16,18-19H,9H2,1-5H3/t16-,18-,19-/m1/s1. The molecule has 2 heterocycles. The van der Waals surface area contributed by atoms with E-state index < -0.39 is 41.8 Å². The smallest absolute Gasteiger partial charge is 0.303 e. The SMILES string of the molecule is CC(=O)OC[C@H]1Oc2c(c3ccc(C)cc3n(C)c2=O)[C@@H](OC(C)=O)[C@@H]1OC(C)=O. The number of rotatable bonds is 4. The number of fused-ring (bicyclic) bond motifs is 3. The van der Waals surface area contributed by atoms with Crippen molar-refractivity contribution in [3.05, 3.63) is 39.7 Å². The molecule has 2 aromatic rings. The molecular formula is C21H23NO8. The molecule has 1 aliphatic rings. The minimum absolute atomic E-state index is 0.0411. The molecular weight excluding hydrogens is 394 g/mol. The van der Waals surface area contributed by atoms with Gasteiger partial charge in [0.05, 0.1) is 11.1 Å². The Morgan fingerprint density at radius 2 is 1.73 bits per heavy atom. The first-order chi connectivity index (χ1) is 14.1. The highest BCUT2D eigenvalue weighted by Gasteiger charge is 2.46. The van der Waals surface area contributed by atoms with Gasteiger partial charge in [0.1, 0.15) is 6.61 Å². The summed E-state index contributed by atoms with van der Waals surface area (Å²) in [5, 5.41) is 0.618. The van der Waals surface area contributed by atoms with E-state index in [9.17, 15) is 19.2 Å². The Morgan fingerprint density at radius 1 is 1.07 bits per heavy atom. The van der Waals surface area contributed by atoms with Gasteiger partial charge in [0.15, 0.2) is 24.1 Å². The van der Waals surface area contributed by atoms with Crippen LogP contribution in [0.5, 0.6) is 5.75 Å². The molecule has 0 fully saturated rings. The van der Waals surface area contributed by atoms with Crippen LogP contribution in [0.4, 0.5) is 0 Å². The summed E-state index contributed by atoms with van der Waals surface area (Å²) in [4.78, 5) is 48.0. The summed E-state index contributed by atoms with van der Waals surface area (Å²) in [7, 11) is 1.60. The summed E-state index contributed by atoms with van der Waals surface area (Å²) in [5.74, 6) is -1.88. The van der Waals surface area contributed by atoms with E-state index in [2.05, 4.69) is 0 Å². The zero-order valence-corrected chi connectivity index (χ0v) is 17.4. The second-order valence-electron chi connectivity index (χ2n) is 7.19. The lowest BCUT2D eigenvalue weighted by molar-refractivity contribution is -0.182. The molecule has 9 nitrogen and oxygen atoms in total. The lowest BCUT2D eigenvalue weighted by Gasteiger charge is -2.38. The molecule has 0 unspecified atom stereocenters. The van der Waals surface area contributed by atoms with Crippen molar-refractivity contribution in [3.63, 3.8) is 0 Å². The number of carbonyl (C=O) groups is 3. The Bertz CT molecular complexity index is 1090. The van der Waals surface area contributed by atoms with E-state index in [1.807, 2.05) is 19.1 Å². The second kappa shape index (κ2) is 8.17. The number of nitrogens with zero attached hydrogens (tertiary/aromatic N) is 1. The molecule has 0 bridgehead atoms. The first kappa shape index (κ1) is 21.4. The van der Waals surface area contributed by atoms with Crippen molar-refractivity contribution in [2.45, 2.75) is 46.0 Å². The van der Waals surface area contributed by atoms with Gasteiger partial charge in [-0.2, -0.15) is 0 Å². The van der Waals surface area contributed by atoms with Gasteiger partial charge in [-0.05, 0) is 18.6 Å². The number of hydrogen-bond donors (Lipinski definition) is 0. The molecule has 0 aliphatic carbocycles. The fourth-order valence-electron chi connectivity index (χ4n) is 3.58. The first-order valence-corrected chi connectivity index (χ1v) is 9.37. The zero-order valence-electron chi connectivity index (χ0n) is 17.4. The maximum atomic E-state index is 13.1. The zero-order chi connectivity index (χ0) is 22.2. The molecule has 0 radical (unpaired) electrons. The molecule has 0 saturated heterocycles. The summed E-state index contributed by atoms with van der Waals surface area (Å²) >= 11 is 0. The van der Waals surface area contributed by atoms with Crippen molar-refractivity contribution in [2.75, 3.05) is 6.61 Å². The topological polar surface area (TPSA) is 110 Å². The predicted octanol–water partition coefficient (Wildman–Crippen LogP) is 1.71. The van der Waals surface area contributed by atoms with Gasteiger partial charge in [-0.1, -0.05) is 12.1 Å². The molecule has 1 aromatic carbocycles. The molecule has 30 heavy (non-hydrogen) atoms. The van der Waals surface area contributed by atoms with Crippen LogP contribution in [0.1, 0.15) is 38.0 Å². The van der Waals surface area contributed by atoms with Crippen molar-refractivity contribution in [2.24, 2.45) is 7.05 Å². The third-order valence-corrected chi connectivity index (χ3v) is 4.81. The monoisotopic (exact) mass is 417 g/mol. The van der Waals surface area contributed by atoms with Crippen LogP contribution in [0.3, 0.4) is 0 Å². The fourth-order valence-corrected chi connectivity index (χ4v) is 3.58. The number of aromatic nitrogens is 1. The predicted molar refractivity (Wildman–Crippen MR) is 105 cm³/mol. The van der Waals surface area contributed by atoms with E-state index in [4.69, 9.17) is 18.9 Å². The lowest BCUT2D eigenvalue weighted by Crippen LogP contribution is -2.49. The van der Waals surface area contributed by atoms with Gasteiger partial charge < -0.3 is 23.5 Å². The van der Waals surface area contributed by atoms with Crippen molar-refractivity contribution < 1.29 is 33.3 Å². The van der Waals surface area contributed by atoms with Crippen LogP contribution >= 0.6 is 0 Å². The van der Waals surface area contributed by atoms with Crippen molar-refractivity contribution in [1.29, 1.82) is 0 Å². The number of pyridine rings is 1. The normalized spacial score (nSPS) is 20.1. The van der Waals surface area contributed by atoms with Crippen LogP contribution in [0.2, 0.25) is 0 Å². The quantitative estimate of drug-likeness (QED) is 0.546. The third-order valence-electron chi connectivity index (χ3n) is 4.81. The van der Waals surface area contributed by atoms with Gasteiger partial charge >= 0.3 is 17.9 Å². The van der Waals surface area contributed by atoms with Gasteiger partial charge in [-0.15, -0.1) is 0 Å². The Hall–Kier alpha value is -3.36. The average Bonchev–Trinajstić information content (AvgIpc) is 2.65. The first-order valence-electron chi connectivity index (χ1n) is 9.37. The van der Waals surface area contributed by atoms with E-state index in [1.165, 1.54) is 25.3 Å². The van der Waals surface area contributed by atoms with Gasteiger partial charge in [-0.3, -0.25) is 19.2 Å². The maximum absolute atomic E-state index is 13.1. The lowest BCUT2D eigenvalue weighted by atomic mass is 9.92. The van der Waals surface area contributed by atoms with Crippen LogP contribution in [0.15, 0.2) is 23.0 Å². The summed E-state index contributed by atoms with van der Waals surface area (Å²) in [6, 6.07) is 5.47. The van der Waals surface area contributed by atoms with Crippen molar-refractivity contribution in [1.82, 2.24) is 4.57 Å². The maximum Gasteiger partial charge on any atom is 0.303 e. The third kappa shape index (κ3) is 4.00. The van der Waals surface area contributed by atoms with E-state index in [0.29, 0.717) is 16.5 Å². The van der Waals surface area contributed by atoms with Gasteiger partial charge in [0.25, 0.3) is 5.56 Å². The van der Waals surface area contributed by atoms with Crippen molar-refractivity contribution in [3.8, 4) is 5.75 Å². The minimum Gasteiger partial charge on any atom is -0.477 e. The summed E-state index contributed by atoms with van der Waals surface area (Å²) < 4.78 is 23.3. The number of carbonyl (C=O) groups excluding carboxylic acids is 3. The highest BCUT2D eigenvalue weighted by atomic mass is 16.6. The van der Waals surface area contributed by atoms with E-state index >= 15 is 0 Å². The van der Waals surface area contributed by atoms with Crippen LogP contribution in [0.25, 0.3) is 10.9 Å². The number of benzene rings is 1. The van der Waals surface area contributed by atoms with Crippen LogP contribution in [-0.4, -0.2) is 41.3 Å². The number of esters is 3. The Kier molecular flexibility index (Phi) is 5.82. The van der Waals surface area contributed by atoms with E-state index in [0.717, 1.165) is 5.56 Å². The van der Waals surface area contributed by atoms with Gasteiger partial charge in [0.2, 0.25) is 0 Å². The Labute approximate surface area is 172 Å². The fraction of sp³-hybridized carbons (Fsp3) is 0.429. The molecule has 1 aliphatic heterocycles. The van der Waals surface area contributed by atoms with Crippen molar-refractivity contribution >= 4 is 28.8 Å². The molecule has 3 atom stereocenters. The molecule has 9 heteroatoms. The Balaban J connectivity index is 2.28. The number of ether oxygens (including phenoxy) is 4. The molecule has 3 rings (SSSR count). The second-order valence-corrected chi connectivity index (χ2v) is 7.19. The number of hydrogen-bond acceptors (Lipinski definition) is 8. The molecule has 0 N–H and O–H groups in total. The van der Waals surface area contributed by atoms with Gasteiger partial charge in [-0.25, -0.2) is 0 Å². The Morgan fingerprint density at radius 3 is 2.33 bits per heavy atom. The average molecular weight is 417 g/mol. The minimum atomic E-state index is -1.12. The number of aryl methyl sites for hydroxylation is 2. The van der Waals surface area contributed by atoms with Gasteiger partial charge in [0, 0.05) is 33.2 Å². The van der Waals surface area contributed by atoms with E-state index in [-0.39, 0.29) is 12.4 Å². The summed E-state index contributed by atoms with van der Waals surface area (Å²) in [5.41, 5.74) is 1.41. The molecule has 0 spiro atoms. The highest BCUT2D eigenvalue weighted by molar-refractivity contribution is 5.86. The molecule has 160 valence electrons. The van der Waals surface area contributed by atoms with Crippen LogP contribution in [-0.2, 0) is 35.6 Å². The highest BCUT2D eigenvalue weighted by Crippen LogP contribution is 2.41. The van der Waals surface area contributed by atoms with Crippen LogP contribution in [0, 0.1) is 6.92 Å². The van der Waals surface area contributed by atoms with E-state index in [1.54, 1.807) is 13.1 Å². The molecule has 0 saturated carbocycles. The summed E-state index contributed by atoms with van der Waals surface area (Å²) in [6.45, 7) is 5.24. The molecule has 0 amide bonds. The summed E-state index contributed by atoms with van der Waals surface area (Å²) in [6.07, 6.45) is -3.27.